The molecule has 23 heavy (non-hydrogen) atoms. The number of anilines is 2. The second kappa shape index (κ2) is 7.32. The molecule has 0 saturated heterocycles. The van der Waals surface area contributed by atoms with Crippen molar-refractivity contribution in [2.45, 2.75) is 45.4 Å². The van der Waals surface area contributed by atoms with Gasteiger partial charge in [-0.05, 0) is 50.3 Å². The highest BCUT2D eigenvalue weighted by Gasteiger charge is 2.14. The lowest BCUT2D eigenvalue weighted by molar-refractivity contribution is 0.262. The van der Waals surface area contributed by atoms with E-state index in [9.17, 15) is 4.79 Å². The Bertz CT molecular complexity index is 688. The molecule has 1 aromatic heterocycles. The van der Waals surface area contributed by atoms with E-state index in [2.05, 4.69) is 15.6 Å². The number of nitrogens with zero attached hydrogens (tertiary/aromatic N) is 1. The Morgan fingerprint density at radius 3 is 2.74 bits per heavy atom. The lowest BCUT2D eigenvalue weighted by Crippen LogP contribution is -2.19. The fraction of sp³-hybridized carbons (Fsp3) is 0.412. The van der Waals surface area contributed by atoms with Crippen LogP contribution in [-0.4, -0.2) is 11.0 Å². The minimum atomic E-state index is -0.286. The standard InChI is InChI=1S/C17H20ClN3OS/c1-11-8-9-12(10-13(11)18)19-16(22)21-17-20-14-6-4-2-3-5-7-15(14)23-17/h8-10H,2-7H2,1H3,(H2,19,20,21,22). The van der Waals surface area contributed by atoms with Gasteiger partial charge in [-0.3, -0.25) is 5.32 Å². The molecule has 0 aliphatic heterocycles. The summed E-state index contributed by atoms with van der Waals surface area (Å²) in [5, 5.41) is 6.95. The van der Waals surface area contributed by atoms with Crippen molar-refractivity contribution in [3.8, 4) is 0 Å². The van der Waals surface area contributed by atoms with Crippen molar-refractivity contribution >= 4 is 39.8 Å². The zero-order valence-electron chi connectivity index (χ0n) is 13.1. The second-order valence-electron chi connectivity index (χ2n) is 5.85. The average molecular weight is 350 g/mol. The van der Waals surface area contributed by atoms with Gasteiger partial charge in [0.1, 0.15) is 0 Å². The summed E-state index contributed by atoms with van der Waals surface area (Å²) in [6.07, 6.45) is 7.04. The van der Waals surface area contributed by atoms with Gasteiger partial charge in [0.25, 0.3) is 0 Å². The van der Waals surface area contributed by atoms with Crippen LogP contribution in [-0.2, 0) is 12.8 Å². The molecule has 1 heterocycles. The van der Waals surface area contributed by atoms with Gasteiger partial charge in [-0.2, -0.15) is 0 Å². The van der Waals surface area contributed by atoms with Crippen molar-refractivity contribution in [1.29, 1.82) is 0 Å². The van der Waals surface area contributed by atoms with Crippen LogP contribution in [0.2, 0.25) is 5.02 Å². The Kier molecular flexibility index (Phi) is 5.18. The van der Waals surface area contributed by atoms with Gasteiger partial charge in [0.05, 0.1) is 5.69 Å². The molecule has 0 spiro atoms. The number of urea groups is 1. The van der Waals surface area contributed by atoms with Gasteiger partial charge in [-0.1, -0.05) is 30.5 Å². The first-order chi connectivity index (χ1) is 11.1. The molecule has 1 aliphatic carbocycles. The molecule has 0 saturated carbocycles. The van der Waals surface area contributed by atoms with E-state index < -0.39 is 0 Å². The molecule has 2 amide bonds. The normalized spacial score (nSPS) is 14.5. The number of nitrogens with one attached hydrogen (secondary N) is 2. The van der Waals surface area contributed by atoms with E-state index in [-0.39, 0.29) is 6.03 Å². The summed E-state index contributed by atoms with van der Waals surface area (Å²) in [5.41, 5.74) is 2.81. The van der Waals surface area contributed by atoms with Crippen LogP contribution < -0.4 is 10.6 Å². The molecule has 3 rings (SSSR count). The van der Waals surface area contributed by atoms with Crippen molar-refractivity contribution in [3.05, 3.63) is 39.4 Å². The number of rotatable bonds is 2. The van der Waals surface area contributed by atoms with E-state index in [0.29, 0.717) is 15.8 Å². The fourth-order valence-corrected chi connectivity index (χ4v) is 3.91. The summed E-state index contributed by atoms with van der Waals surface area (Å²) in [7, 11) is 0. The Hall–Kier alpha value is -1.59. The summed E-state index contributed by atoms with van der Waals surface area (Å²) < 4.78 is 0. The van der Waals surface area contributed by atoms with Crippen molar-refractivity contribution in [1.82, 2.24) is 4.98 Å². The maximum absolute atomic E-state index is 12.1. The first kappa shape index (κ1) is 16.3. The molecular formula is C17H20ClN3OS. The molecule has 2 N–H and O–H groups in total. The Morgan fingerprint density at radius 2 is 1.96 bits per heavy atom. The van der Waals surface area contributed by atoms with Crippen molar-refractivity contribution < 1.29 is 4.79 Å². The number of thiazole rings is 1. The highest BCUT2D eigenvalue weighted by molar-refractivity contribution is 7.15. The maximum Gasteiger partial charge on any atom is 0.325 e. The third kappa shape index (κ3) is 4.24. The van der Waals surface area contributed by atoms with E-state index in [1.807, 2.05) is 19.1 Å². The van der Waals surface area contributed by atoms with Crippen LogP contribution in [0.3, 0.4) is 0 Å². The van der Waals surface area contributed by atoms with Crippen LogP contribution in [0.1, 0.15) is 41.8 Å². The van der Waals surface area contributed by atoms with Gasteiger partial charge in [-0.15, -0.1) is 11.3 Å². The van der Waals surface area contributed by atoms with E-state index in [1.165, 1.54) is 30.6 Å². The number of halogens is 1. The van der Waals surface area contributed by atoms with Crippen LogP contribution in [0.15, 0.2) is 18.2 Å². The second-order valence-corrected chi connectivity index (χ2v) is 7.34. The zero-order chi connectivity index (χ0) is 16.2. The number of aryl methyl sites for hydroxylation is 3. The number of aromatic nitrogens is 1. The van der Waals surface area contributed by atoms with Crippen molar-refractivity contribution in [2.24, 2.45) is 0 Å². The Balaban J connectivity index is 1.65. The topological polar surface area (TPSA) is 54.0 Å². The molecule has 1 aliphatic rings. The first-order valence-electron chi connectivity index (χ1n) is 7.94. The number of fused-ring (bicyclic) bond motifs is 1. The minimum absolute atomic E-state index is 0.286. The molecule has 2 aromatic rings. The molecule has 0 fully saturated rings. The molecule has 4 nitrogen and oxygen atoms in total. The molecule has 0 radical (unpaired) electrons. The SMILES string of the molecule is Cc1ccc(NC(=O)Nc2nc3c(s2)CCCCCC3)cc1Cl. The molecule has 122 valence electrons. The van der Waals surface area contributed by atoms with Crippen LogP contribution in [0.25, 0.3) is 0 Å². The van der Waals surface area contributed by atoms with Gasteiger partial charge >= 0.3 is 6.03 Å². The van der Waals surface area contributed by atoms with Gasteiger partial charge < -0.3 is 5.32 Å². The smallest absolute Gasteiger partial charge is 0.308 e. The van der Waals surface area contributed by atoms with Crippen LogP contribution >= 0.6 is 22.9 Å². The molecule has 1 aromatic carbocycles. The summed E-state index contributed by atoms with van der Waals surface area (Å²) in [6.45, 7) is 1.93. The zero-order valence-corrected chi connectivity index (χ0v) is 14.7. The summed E-state index contributed by atoms with van der Waals surface area (Å²) >= 11 is 7.67. The molecule has 0 bridgehead atoms. The number of carbonyl (C=O) groups excluding carboxylic acids is 1. The van der Waals surface area contributed by atoms with Gasteiger partial charge in [0.2, 0.25) is 0 Å². The summed E-state index contributed by atoms with van der Waals surface area (Å²) in [5.74, 6) is 0. The van der Waals surface area contributed by atoms with Gasteiger partial charge in [0, 0.05) is 15.6 Å². The number of hydrogen-bond acceptors (Lipinski definition) is 3. The van der Waals surface area contributed by atoms with Crippen LogP contribution in [0, 0.1) is 6.92 Å². The summed E-state index contributed by atoms with van der Waals surface area (Å²) in [4.78, 5) is 18.0. The average Bonchev–Trinajstić information content (AvgIpc) is 2.84. The predicted octanol–water partition coefficient (Wildman–Crippen LogP) is 5.41. The minimum Gasteiger partial charge on any atom is -0.308 e. The van der Waals surface area contributed by atoms with Gasteiger partial charge in [0.15, 0.2) is 5.13 Å². The molecular weight excluding hydrogens is 330 g/mol. The summed E-state index contributed by atoms with van der Waals surface area (Å²) in [6, 6.07) is 5.18. The van der Waals surface area contributed by atoms with Crippen molar-refractivity contribution in [3.63, 3.8) is 0 Å². The number of benzene rings is 1. The third-order valence-electron chi connectivity index (χ3n) is 4.00. The monoisotopic (exact) mass is 349 g/mol. The fourth-order valence-electron chi connectivity index (χ4n) is 2.69. The molecule has 0 atom stereocenters. The Morgan fingerprint density at radius 1 is 1.17 bits per heavy atom. The van der Waals surface area contributed by atoms with Crippen molar-refractivity contribution in [2.75, 3.05) is 10.6 Å². The number of carbonyl (C=O) groups is 1. The first-order valence-corrected chi connectivity index (χ1v) is 9.14. The lowest BCUT2D eigenvalue weighted by Gasteiger charge is -2.06. The highest BCUT2D eigenvalue weighted by Crippen LogP contribution is 2.28. The predicted molar refractivity (Wildman–Crippen MR) is 96.8 cm³/mol. The number of hydrogen-bond donors (Lipinski definition) is 2. The maximum atomic E-state index is 12.1. The molecule has 0 unspecified atom stereocenters. The van der Waals surface area contributed by atoms with Gasteiger partial charge in [-0.25, -0.2) is 9.78 Å². The third-order valence-corrected chi connectivity index (χ3v) is 5.48. The highest BCUT2D eigenvalue weighted by atomic mass is 35.5. The number of amides is 2. The van der Waals surface area contributed by atoms with E-state index in [4.69, 9.17) is 11.6 Å². The lowest BCUT2D eigenvalue weighted by atomic mass is 10.0. The Labute approximate surface area is 145 Å². The van der Waals surface area contributed by atoms with E-state index in [1.54, 1.807) is 17.4 Å². The van der Waals surface area contributed by atoms with Crippen LogP contribution in [0.5, 0.6) is 0 Å². The molecule has 6 heteroatoms. The largest absolute Gasteiger partial charge is 0.325 e. The van der Waals surface area contributed by atoms with Crippen LogP contribution in [0.4, 0.5) is 15.6 Å². The quantitative estimate of drug-likeness (QED) is 0.761. The van der Waals surface area contributed by atoms with E-state index in [0.717, 1.165) is 24.1 Å². The van der Waals surface area contributed by atoms with E-state index >= 15 is 0 Å².